The minimum Gasteiger partial charge on any atom is -1.00 e. The van der Waals surface area contributed by atoms with Gasteiger partial charge >= 0.3 is 36.7 Å². The molecule has 7 heteroatoms. The van der Waals surface area contributed by atoms with E-state index in [1.807, 2.05) is 17.8 Å². The van der Waals surface area contributed by atoms with Gasteiger partial charge in [-0.05, 0) is 34.6 Å². The fraction of sp³-hybridized carbons (Fsp3) is 0.769. The largest absolute Gasteiger partial charge is 1.00 e. The third kappa shape index (κ3) is 2.62. The van der Waals surface area contributed by atoms with Gasteiger partial charge in [-0.15, -0.1) is 0 Å². The Bertz CT molecular complexity index is 490. The molecule has 0 aromatic carbocycles. The first-order chi connectivity index (χ1) is 8.80. The second kappa shape index (κ2) is 5.41. The van der Waals surface area contributed by atoms with Crippen LogP contribution in [0.4, 0.5) is 0 Å². The van der Waals surface area contributed by atoms with E-state index in [0.717, 1.165) is 24.4 Å². The summed E-state index contributed by atoms with van der Waals surface area (Å²) in [7, 11) is -0.334. The van der Waals surface area contributed by atoms with Gasteiger partial charge in [0.2, 0.25) is 0 Å². The summed E-state index contributed by atoms with van der Waals surface area (Å²) < 4.78 is 19.3. The first-order valence-electron chi connectivity index (χ1n) is 6.79. The third-order valence-electron chi connectivity index (χ3n) is 4.46. The van der Waals surface area contributed by atoms with Crippen LogP contribution in [0, 0.1) is 6.92 Å². The molecule has 0 bridgehead atoms. The van der Waals surface area contributed by atoms with E-state index < -0.39 is 0 Å². The molecule has 0 radical (unpaired) electrons. The Morgan fingerprint density at radius 2 is 1.80 bits per heavy atom. The van der Waals surface area contributed by atoms with Crippen molar-refractivity contribution in [2.45, 2.75) is 51.9 Å². The molecule has 0 amide bonds. The van der Waals surface area contributed by atoms with Gasteiger partial charge in [0.05, 0.1) is 36.2 Å². The molecular weight excluding hydrogens is 266 g/mol. The van der Waals surface area contributed by atoms with Crippen LogP contribution in [0.1, 0.15) is 40.9 Å². The van der Waals surface area contributed by atoms with Gasteiger partial charge in [-0.25, -0.2) is 0 Å². The Hall–Kier alpha value is 0.155. The van der Waals surface area contributed by atoms with Gasteiger partial charge in [-0.1, -0.05) is 0 Å². The smallest absolute Gasteiger partial charge is 1.00 e. The molecule has 1 aromatic heterocycles. The van der Waals surface area contributed by atoms with Crippen LogP contribution in [0.5, 0.6) is 0 Å². The molecule has 1 aromatic rings. The van der Waals surface area contributed by atoms with Crippen molar-refractivity contribution >= 4 is 12.6 Å². The molecule has 20 heavy (non-hydrogen) atoms. The number of ether oxygens (including phenoxy) is 1. The predicted molar refractivity (Wildman–Crippen MR) is 73.6 cm³/mol. The van der Waals surface area contributed by atoms with E-state index in [0.29, 0.717) is 6.04 Å². The molecule has 0 unspecified atom stereocenters. The van der Waals surface area contributed by atoms with E-state index >= 15 is 0 Å². The number of hydrogen-bond donors (Lipinski definition) is 0. The summed E-state index contributed by atoms with van der Waals surface area (Å²) in [6.07, 6.45) is 2.03. The van der Waals surface area contributed by atoms with Crippen molar-refractivity contribution in [2.24, 2.45) is 0 Å². The zero-order valence-corrected chi connectivity index (χ0v) is 15.3. The topological polar surface area (TPSA) is 45.5 Å². The number of aryl methyl sites for hydroxylation is 1. The Balaban J connectivity index is 0.00000110. The molecule has 0 atom stereocenters. The molecule has 0 spiro atoms. The number of hydrogen-bond acceptors (Lipinski definition) is 4. The van der Waals surface area contributed by atoms with Crippen LogP contribution in [-0.4, -0.2) is 41.3 Å². The van der Waals surface area contributed by atoms with Crippen molar-refractivity contribution in [1.29, 1.82) is 0 Å². The van der Waals surface area contributed by atoms with Gasteiger partial charge in [0.25, 0.3) is 0 Å². The Labute approximate surface area is 144 Å². The van der Waals surface area contributed by atoms with Crippen molar-refractivity contribution < 1.29 is 45.0 Å². The van der Waals surface area contributed by atoms with Gasteiger partial charge < -0.3 is 15.5 Å². The van der Waals surface area contributed by atoms with Crippen molar-refractivity contribution in [3.63, 3.8) is 0 Å². The molecule has 2 saturated heterocycles. The van der Waals surface area contributed by atoms with Crippen LogP contribution in [-0.2, 0) is 14.0 Å². The molecule has 2 aliphatic rings. The maximum Gasteiger partial charge on any atom is 1.00 e. The fourth-order valence-corrected chi connectivity index (χ4v) is 2.26. The Morgan fingerprint density at radius 1 is 1.25 bits per heavy atom. The number of aromatic nitrogens is 2. The van der Waals surface area contributed by atoms with E-state index in [1.165, 1.54) is 0 Å². The maximum absolute atomic E-state index is 6.07. The van der Waals surface area contributed by atoms with Gasteiger partial charge in [0.1, 0.15) is 0 Å². The van der Waals surface area contributed by atoms with Gasteiger partial charge in [0, 0.05) is 11.7 Å². The minimum absolute atomic E-state index is 0. The summed E-state index contributed by atoms with van der Waals surface area (Å²) in [5.41, 5.74) is 1.35. The zero-order chi connectivity index (χ0) is 13.8. The van der Waals surface area contributed by atoms with Gasteiger partial charge in [-0.2, -0.15) is 5.10 Å². The molecule has 106 valence electrons. The normalized spacial score (nSPS) is 24.4. The summed E-state index contributed by atoms with van der Waals surface area (Å²) in [4.78, 5) is 0. The van der Waals surface area contributed by atoms with Crippen LogP contribution in [0.3, 0.4) is 0 Å². The Morgan fingerprint density at radius 3 is 2.25 bits per heavy atom. The summed E-state index contributed by atoms with van der Waals surface area (Å²) in [6, 6.07) is 0.356. The second-order valence-corrected chi connectivity index (χ2v) is 6.43. The molecule has 2 fully saturated rings. The summed E-state index contributed by atoms with van der Waals surface area (Å²) in [6.45, 7) is 11.7. The molecule has 0 aliphatic carbocycles. The molecule has 0 N–H and O–H groups in total. The molecule has 0 saturated carbocycles. The summed E-state index contributed by atoms with van der Waals surface area (Å²) >= 11 is 0. The summed E-state index contributed by atoms with van der Waals surface area (Å²) in [5.74, 6) is 0. The number of nitrogens with zero attached hydrogens (tertiary/aromatic N) is 2. The van der Waals surface area contributed by atoms with Gasteiger partial charge in [-0.3, -0.25) is 4.68 Å². The van der Waals surface area contributed by atoms with Crippen molar-refractivity contribution in [3.05, 3.63) is 11.9 Å². The van der Waals surface area contributed by atoms with Crippen LogP contribution < -0.4 is 35.0 Å². The van der Waals surface area contributed by atoms with Crippen LogP contribution in [0.2, 0.25) is 0 Å². The van der Waals surface area contributed by atoms with Crippen LogP contribution >= 0.6 is 0 Å². The van der Waals surface area contributed by atoms with E-state index in [1.54, 1.807) is 0 Å². The average molecular weight is 288 g/mol. The summed E-state index contributed by atoms with van der Waals surface area (Å²) in [5, 5.41) is 4.55. The van der Waals surface area contributed by atoms with Crippen molar-refractivity contribution in [2.75, 3.05) is 13.2 Å². The van der Waals surface area contributed by atoms with Crippen molar-refractivity contribution in [3.8, 4) is 0 Å². The van der Waals surface area contributed by atoms with Crippen LogP contribution in [0.25, 0.3) is 0 Å². The molecule has 3 rings (SSSR count). The molecule has 3 heterocycles. The second-order valence-electron chi connectivity index (χ2n) is 6.43. The molecular formula is C13H22BN2NaO3. The van der Waals surface area contributed by atoms with Gasteiger partial charge in [0.15, 0.2) is 0 Å². The fourth-order valence-electron chi connectivity index (χ4n) is 2.26. The van der Waals surface area contributed by atoms with E-state index in [2.05, 4.69) is 32.8 Å². The monoisotopic (exact) mass is 288 g/mol. The number of rotatable bonds is 2. The van der Waals surface area contributed by atoms with E-state index in [9.17, 15) is 0 Å². The third-order valence-corrected chi connectivity index (χ3v) is 4.46. The average Bonchev–Trinajstić information content (AvgIpc) is 2.63. The van der Waals surface area contributed by atoms with E-state index in [-0.39, 0.29) is 49.3 Å². The molecule has 5 nitrogen and oxygen atoms in total. The van der Waals surface area contributed by atoms with E-state index in [4.69, 9.17) is 14.0 Å². The van der Waals surface area contributed by atoms with Crippen LogP contribution in [0.15, 0.2) is 6.20 Å². The maximum atomic E-state index is 6.07. The quantitative estimate of drug-likeness (QED) is 0.601. The first-order valence-corrected chi connectivity index (χ1v) is 6.79. The predicted octanol–water partition coefficient (Wildman–Crippen LogP) is -1.82. The minimum atomic E-state index is -0.334. The molecule has 2 aliphatic heterocycles. The zero-order valence-electron chi connectivity index (χ0n) is 14.3. The first kappa shape index (κ1) is 16.5. The Kier molecular flexibility index (Phi) is 4.47. The van der Waals surface area contributed by atoms with Crippen molar-refractivity contribution in [1.82, 2.24) is 9.78 Å². The SMILES string of the molecule is Cc1nn(C2COC2)cc1B1OC(C)(C)C(C)(C)O1.[H-].[Na+]. The standard InChI is InChI=1S/C13H21BN2O3.Na.H/c1-9-11(6-16(15-9)10-7-17-8-10)14-18-12(2,3)13(4,5)19-14;;/h6,10H,7-8H2,1-5H3;;/q;+1;-1.